The van der Waals surface area contributed by atoms with Gasteiger partial charge in [-0.15, -0.1) is 0 Å². The second-order valence-corrected chi connectivity index (χ2v) is 5.87. The SMILES string of the molecule is CC(NCc1cn2cc(Cl)ccc2n1)c1ccc(Cl)cc1. The molecular weight excluding hydrogens is 305 g/mol. The summed E-state index contributed by atoms with van der Waals surface area (Å²) in [5.74, 6) is 0. The highest BCUT2D eigenvalue weighted by atomic mass is 35.5. The molecule has 108 valence electrons. The van der Waals surface area contributed by atoms with Crippen molar-refractivity contribution in [1.82, 2.24) is 14.7 Å². The molecule has 0 amide bonds. The number of benzene rings is 1. The van der Waals surface area contributed by atoms with Crippen LogP contribution < -0.4 is 5.32 Å². The number of imidazole rings is 1. The van der Waals surface area contributed by atoms with E-state index in [1.807, 2.05) is 53.2 Å². The molecule has 2 heterocycles. The lowest BCUT2D eigenvalue weighted by atomic mass is 10.1. The van der Waals surface area contributed by atoms with Crippen LogP contribution in [0.2, 0.25) is 10.0 Å². The topological polar surface area (TPSA) is 29.3 Å². The maximum Gasteiger partial charge on any atom is 0.137 e. The zero-order valence-electron chi connectivity index (χ0n) is 11.6. The Morgan fingerprint density at radius 2 is 1.76 bits per heavy atom. The van der Waals surface area contributed by atoms with Crippen molar-refractivity contribution < 1.29 is 0 Å². The van der Waals surface area contributed by atoms with E-state index < -0.39 is 0 Å². The van der Waals surface area contributed by atoms with Gasteiger partial charge in [0, 0.05) is 30.0 Å². The van der Waals surface area contributed by atoms with Crippen LogP contribution in [0, 0.1) is 0 Å². The largest absolute Gasteiger partial charge is 0.305 e. The summed E-state index contributed by atoms with van der Waals surface area (Å²) >= 11 is 11.9. The van der Waals surface area contributed by atoms with Crippen LogP contribution in [0.3, 0.4) is 0 Å². The highest BCUT2D eigenvalue weighted by molar-refractivity contribution is 6.30. The van der Waals surface area contributed by atoms with Crippen molar-refractivity contribution in [1.29, 1.82) is 0 Å². The van der Waals surface area contributed by atoms with Gasteiger partial charge in [-0.2, -0.15) is 0 Å². The summed E-state index contributed by atoms with van der Waals surface area (Å²) in [5.41, 5.74) is 3.08. The number of nitrogens with zero attached hydrogens (tertiary/aromatic N) is 2. The molecule has 5 heteroatoms. The van der Waals surface area contributed by atoms with E-state index in [9.17, 15) is 0 Å². The third kappa shape index (κ3) is 3.38. The Bertz CT molecular complexity index is 750. The average molecular weight is 320 g/mol. The van der Waals surface area contributed by atoms with E-state index in [1.54, 1.807) is 0 Å². The second kappa shape index (κ2) is 6.06. The van der Waals surface area contributed by atoms with Crippen LogP contribution in [-0.4, -0.2) is 9.38 Å². The highest BCUT2D eigenvalue weighted by Crippen LogP contribution is 2.17. The van der Waals surface area contributed by atoms with Crippen LogP contribution >= 0.6 is 23.2 Å². The predicted octanol–water partition coefficient (Wildman–Crippen LogP) is 4.49. The average Bonchev–Trinajstić information content (AvgIpc) is 2.87. The molecule has 0 radical (unpaired) electrons. The summed E-state index contributed by atoms with van der Waals surface area (Å²) in [5, 5.41) is 4.91. The van der Waals surface area contributed by atoms with Gasteiger partial charge in [0.1, 0.15) is 5.65 Å². The number of rotatable bonds is 4. The fourth-order valence-corrected chi connectivity index (χ4v) is 2.52. The molecule has 1 aromatic carbocycles. The van der Waals surface area contributed by atoms with Gasteiger partial charge in [0.2, 0.25) is 0 Å². The van der Waals surface area contributed by atoms with Gasteiger partial charge >= 0.3 is 0 Å². The molecule has 1 N–H and O–H groups in total. The third-order valence-corrected chi connectivity index (χ3v) is 3.90. The molecule has 3 aromatic rings. The summed E-state index contributed by atoms with van der Waals surface area (Å²) in [7, 11) is 0. The Morgan fingerprint density at radius 3 is 2.52 bits per heavy atom. The lowest BCUT2D eigenvalue weighted by Gasteiger charge is -2.13. The monoisotopic (exact) mass is 319 g/mol. The van der Waals surface area contributed by atoms with Gasteiger partial charge in [0.05, 0.1) is 10.7 Å². The molecule has 0 spiro atoms. The number of aromatic nitrogens is 2. The van der Waals surface area contributed by atoms with Crippen molar-refractivity contribution in [3.05, 3.63) is 70.1 Å². The first kappa shape index (κ1) is 14.4. The molecule has 0 saturated heterocycles. The fraction of sp³-hybridized carbons (Fsp3) is 0.188. The van der Waals surface area contributed by atoms with E-state index in [-0.39, 0.29) is 6.04 Å². The van der Waals surface area contributed by atoms with Crippen molar-refractivity contribution in [2.45, 2.75) is 19.5 Å². The number of hydrogen-bond acceptors (Lipinski definition) is 2. The summed E-state index contributed by atoms with van der Waals surface area (Å²) in [4.78, 5) is 4.55. The highest BCUT2D eigenvalue weighted by Gasteiger charge is 2.07. The predicted molar refractivity (Wildman–Crippen MR) is 86.9 cm³/mol. The molecule has 0 bridgehead atoms. The van der Waals surface area contributed by atoms with Gasteiger partial charge in [-0.3, -0.25) is 0 Å². The van der Waals surface area contributed by atoms with Crippen molar-refractivity contribution >= 4 is 28.8 Å². The Kier molecular flexibility index (Phi) is 4.15. The summed E-state index contributed by atoms with van der Waals surface area (Å²) in [6, 6.07) is 11.9. The molecule has 0 fully saturated rings. The normalized spacial score (nSPS) is 12.7. The molecule has 0 saturated carbocycles. The maximum absolute atomic E-state index is 5.97. The molecule has 1 unspecified atom stereocenters. The minimum atomic E-state index is 0.232. The third-order valence-electron chi connectivity index (χ3n) is 3.42. The minimum absolute atomic E-state index is 0.232. The van der Waals surface area contributed by atoms with Crippen LogP contribution in [0.1, 0.15) is 24.2 Å². The van der Waals surface area contributed by atoms with Crippen molar-refractivity contribution in [3.8, 4) is 0 Å². The smallest absolute Gasteiger partial charge is 0.137 e. The molecule has 3 rings (SSSR count). The van der Waals surface area contributed by atoms with E-state index >= 15 is 0 Å². The lowest BCUT2D eigenvalue weighted by Crippen LogP contribution is -2.18. The van der Waals surface area contributed by atoms with E-state index in [1.165, 1.54) is 5.56 Å². The first-order valence-electron chi connectivity index (χ1n) is 6.74. The number of halogens is 2. The van der Waals surface area contributed by atoms with E-state index in [0.29, 0.717) is 11.6 Å². The molecule has 0 aliphatic carbocycles. The van der Waals surface area contributed by atoms with Crippen molar-refractivity contribution in [2.75, 3.05) is 0 Å². The van der Waals surface area contributed by atoms with Crippen molar-refractivity contribution in [2.24, 2.45) is 0 Å². The Labute approximate surface area is 133 Å². The van der Waals surface area contributed by atoms with Gasteiger partial charge in [-0.1, -0.05) is 35.3 Å². The molecule has 0 aliphatic rings. The van der Waals surface area contributed by atoms with E-state index in [2.05, 4.69) is 17.2 Å². The van der Waals surface area contributed by atoms with Gasteiger partial charge < -0.3 is 9.72 Å². The van der Waals surface area contributed by atoms with Crippen LogP contribution in [0.25, 0.3) is 5.65 Å². The zero-order valence-corrected chi connectivity index (χ0v) is 13.1. The molecule has 21 heavy (non-hydrogen) atoms. The van der Waals surface area contributed by atoms with Gasteiger partial charge in [0.25, 0.3) is 0 Å². The number of nitrogens with one attached hydrogen (secondary N) is 1. The number of pyridine rings is 1. The first-order valence-corrected chi connectivity index (χ1v) is 7.49. The summed E-state index contributed by atoms with van der Waals surface area (Å²) < 4.78 is 1.94. The summed E-state index contributed by atoms with van der Waals surface area (Å²) in [6.07, 6.45) is 3.85. The van der Waals surface area contributed by atoms with Crippen LogP contribution in [0.4, 0.5) is 0 Å². The molecule has 2 aromatic heterocycles. The molecule has 3 nitrogen and oxygen atoms in total. The molecule has 1 atom stereocenters. The lowest BCUT2D eigenvalue weighted by molar-refractivity contribution is 0.569. The van der Waals surface area contributed by atoms with Crippen molar-refractivity contribution in [3.63, 3.8) is 0 Å². The Morgan fingerprint density at radius 1 is 1.05 bits per heavy atom. The van der Waals surface area contributed by atoms with Crippen LogP contribution in [0.15, 0.2) is 48.8 Å². The standard InChI is InChI=1S/C16H15Cl2N3/c1-11(12-2-4-13(17)5-3-12)19-8-15-10-21-9-14(18)6-7-16(21)20-15/h2-7,9-11,19H,8H2,1H3. The molecular formula is C16H15Cl2N3. The van der Waals surface area contributed by atoms with E-state index in [4.69, 9.17) is 23.2 Å². The van der Waals surface area contributed by atoms with Gasteiger partial charge in [-0.05, 0) is 36.8 Å². The van der Waals surface area contributed by atoms with Crippen LogP contribution in [0.5, 0.6) is 0 Å². The second-order valence-electron chi connectivity index (χ2n) is 5.00. The first-order chi connectivity index (χ1) is 10.1. The quantitative estimate of drug-likeness (QED) is 0.767. The number of hydrogen-bond donors (Lipinski definition) is 1. The Hall–Kier alpha value is -1.55. The van der Waals surface area contributed by atoms with Gasteiger partial charge in [-0.25, -0.2) is 4.98 Å². The summed E-state index contributed by atoms with van der Waals surface area (Å²) in [6.45, 7) is 2.82. The maximum atomic E-state index is 5.97. The van der Waals surface area contributed by atoms with E-state index in [0.717, 1.165) is 16.4 Å². The zero-order chi connectivity index (χ0) is 14.8. The number of fused-ring (bicyclic) bond motifs is 1. The Balaban J connectivity index is 1.69. The minimum Gasteiger partial charge on any atom is -0.305 e. The van der Waals surface area contributed by atoms with Crippen LogP contribution in [-0.2, 0) is 6.54 Å². The molecule has 0 aliphatic heterocycles. The van der Waals surface area contributed by atoms with Gasteiger partial charge in [0.15, 0.2) is 0 Å². The fourth-order valence-electron chi connectivity index (χ4n) is 2.23.